The molecule has 0 aromatic rings. The molecule has 1 spiro atoms. The van der Waals surface area contributed by atoms with Crippen molar-refractivity contribution in [3.05, 3.63) is 0 Å². The van der Waals surface area contributed by atoms with Crippen LogP contribution in [0.5, 0.6) is 0 Å². The van der Waals surface area contributed by atoms with Crippen LogP contribution in [-0.2, 0) is 9.57 Å². The van der Waals surface area contributed by atoms with E-state index in [1.807, 2.05) is 20.8 Å². The van der Waals surface area contributed by atoms with Crippen molar-refractivity contribution in [3.63, 3.8) is 0 Å². The molecule has 126 valence electrons. The minimum Gasteiger partial charge on any atom is -0.427 e. The molecule has 0 N–H and O–H groups in total. The minimum atomic E-state index is -0.577. The lowest BCUT2D eigenvalue weighted by molar-refractivity contribution is -0.167. The summed E-state index contributed by atoms with van der Waals surface area (Å²) in [5.74, 6) is 0. The van der Waals surface area contributed by atoms with Crippen LogP contribution in [0.3, 0.4) is 0 Å². The third-order valence-corrected chi connectivity index (χ3v) is 5.30. The number of piperidine rings is 2. The van der Waals surface area contributed by atoms with Crippen molar-refractivity contribution in [2.45, 2.75) is 70.9 Å². The number of hydroxylamine groups is 2. The molecule has 0 amide bonds. The fourth-order valence-electron chi connectivity index (χ4n) is 3.73. The van der Waals surface area contributed by atoms with E-state index in [9.17, 15) is 4.79 Å². The van der Waals surface area contributed by atoms with Crippen molar-refractivity contribution >= 4 is 6.16 Å². The number of nitrogens with zero attached hydrogens (tertiary/aromatic N) is 2. The SMILES string of the molecule is CC(C)(C)OC(=O)ON1CCC2(CC1)CCN(C1CC1)CC2. The molecule has 0 unspecified atom stereocenters. The summed E-state index contributed by atoms with van der Waals surface area (Å²) in [6.07, 6.45) is 7.12. The normalized spacial score (nSPS) is 26.9. The summed E-state index contributed by atoms with van der Waals surface area (Å²) >= 11 is 0. The summed E-state index contributed by atoms with van der Waals surface area (Å²) < 4.78 is 5.22. The first-order valence-electron chi connectivity index (χ1n) is 8.75. The Labute approximate surface area is 133 Å². The van der Waals surface area contributed by atoms with Crippen LogP contribution < -0.4 is 0 Å². The van der Waals surface area contributed by atoms with Crippen LogP contribution >= 0.6 is 0 Å². The third kappa shape index (κ3) is 4.13. The fraction of sp³-hybridized carbons (Fsp3) is 0.941. The van der Waals surface area contributed by atoms with Crippen molar-refractivity contribution in [2.24, 2.45) is 5.41 Å². The maximum absolute atomic E-state index is 11.7. The highest BCUT2D eigenvalue weighted by atomic mass is 16.8. The Bertz CT molecular complexity index is 397. The Hall–Kier alpha value is -0.810. The van der Waals surface area contributed by atoms with Crippen LogP contribution in [0.2, 0.25) is 0 Å². The second kappa shape index (κ2) is 6.00. The number of rotatable bonds is 2. The van der Waals surface area contributed by atoms with Gasteiger partial charge in [0.05, 0.1) is 0 Å². The summed E-state index contributed by atoms with van der Waals surface area (Å²) in [4.78, 5) is 19.7. The highest BCUT2D eigenvalue weighted by molar-refractivity contribution is 5.60. The van der Waals surface area contributed by atoms with Crippen molar-refractivity contribution in [3.8, 4) is 0 Å². The van der Waals surface area contributed by atoms with Crippen LogP contribution in [0.25, 0.3) is 0 Å². The van der Waals surface area contributed by atoms with E-state index in [1.165, 1.54) is 38.8 Å². The number of carbonyl (C=O) groups excluding carboxylic acids is 1. The van der Waals surface area contributed by atoms with E-state index in [0.29, 0.717) is 5.41 Å². The Morgan fingerprint density at radius 2 is 1.55 bits per heavy atom. The van der Waals surface area contributed by atoms with Gasteiger partial charge in [-0.2, -0.15) is 0 Å². The zero-order valence-corrected chi connectivity index (χ0v) is 14.3. The van der Waals surface area contributed by atoms with E-state index in [0.717, 1.165) is 32.0 Å². The van der Waals surface area contributed by atoms with Gasteiger partial charge in [-0.1, -0.05) is 0 Å². The van der Waals surface area contributed by atoms with Gasteiger partial charge in [0, 0.05) is 19.1 Å². The monoisotopic (exact) mass is 310 g/mol. The van der Waals surface area contributed by atoms with Crippen LogP contribution in [0.1, 0.15) is 59.3 Å². The lowest BCUT2D eigenvalue weighted by Crippen LogP contribution is -2.47. The minimum absolute atomic E-state index is 0.485. The van der Waals surface area contributed by atoms with Gasteiger partial charge < -0.3 is 14.5 Å². The molecule has 3 fully saturated rings. The summed E-state index contributed by atoms with van der Waals surface area (Å²) in [6.45, 7) is 9.76. The first-order valence-corrected chi connectivity index (χ1v) is 8.75. The maximum atomic E-state index is 11.7. The van der Waals surface area contributed by atoms with Gasteiger partial charge in [-0.3, -0.25) is 0 Å². The molecular formula is C17H30N2O3. The van der Waals surface area contributed by atoms with E-state index in [-0.39, 0.29) is 0 Å². The van der Waals surface area contributed by atoms with E-state index in [1.54, 1.807) is 5.06 Å². The van der Waals surface area contributed by atoms with Crippen LogP contribution in [0.15, 0.2) is 0 Å². The largest absolute Gasteiger partial charge is 0.528 e. The molecule has 2 saturated heterocycles. The van der Waals surface area contributed by atoms with Gasteiger partial charge in [0.25, 0.3) is 0 Å². The number of ether oxygens (including phenoxy) is 1. The zero-order valence-electron chi connectivity index (χ0n) is 14.3. The average Bonchev–Trinajstić information content (AvgIpc) is 3.25. The molecule has 1 aliphatic carbocycles. The number of carbonyl (C=O) groups is 1. The molecule has 0 atom stereocenters. The lowest BCUT2D eigenvalue weighted by atomic mass is 9.71. The molecule has 3 aliphatic rings. The zero-order chi connectivity index (χ0) is 15.8. The van der Waals surface area contributed by atoms with E-state index in [4.69, 9.17) is 9.57 Å². The molecule has 22 heavy (non-hydrogen) atoms. The first kappa shape index (κ1) is 16.1. The van der Waals surface area contributed by atoms with Crippen molar-refractivity contribution in [2.75, 3.05) is 26.2 Å². The maximum Gasteiger partial charge on any atom is 0.528 e. The summed E-state index contributed by atoms with van der Waals surface area (Å²) in [7, 11) is 0. The molecule has 5 nitrogen and oxygen atoms in total. The van der Waals surface area contributed by atoms with E-state index >= 15 is 0 Å². The Morgan fingerprint density at radius 3 is 2.05 bits per heavy atom. The molecule has 0 aromatic heterocycles. The summed E-state index contributed by atoms with van der Waals surface area (Å²) in [6, 6.07) is 0.896. The van der Waals surface area contributed by atoms with Gasteiger partial charge in [-0.05, 0) is 77.8 Å². The van der Waals surface area contributed by atoms with Gasteiger partial charge in [0.1, 0.15) is 5.60 Å². The smallest absolute Gasteiger partial charge is 0.427 e. The standard InChI is InChI=1S/C17H30N2O3/c1-16(2,3)21-15(20)22-19-12-8-17(9-13-19)6-10-18(11-7-17)14-4-5-14/h14H,4-13H2,1-3H3. The molecule has 0 radical (unpaired) electrons. The number of hydrogen-bond acceptors (Lipinski definition) is 5. The molecule has 0 aromatic carbocycles. The molecule has 2 aliphatic heterocycles. The quantitative estimate of drug-likeness (QED) is 0.733. The van der Waals surface area contributed by atoms with Gasteiger partial charge >= 0.3 is 6.16 Å². The molecular weight excluding hydrogens is 280 g/mol. The molecule has 2 heterocycles. The Kier molecular flexibility index (Phi) is 4.38. The molecule has 5 heteroatoms. The predicted molar refractivity (Wildman–Crippen MR) is 84.4 cm³/mol. The Morgan fingerprint density at radius 1 is 1.00 bits per heavy atom. The molecule has 1 saturated carbocycles. The van der Waals surface area contributed by atoms with Gasteiger partial charge in [0.15, 0.2) is 0 Å². The van der Waals surface area contributed by atoms with Crippen LogP contribution in [0, 0.1) is 5.41 Å². The van der Waals surface area contributed by atoms with E-state index < -0.39 is 11.8 Å². The van der Waals surface area contributed by atoms with Gasteiger partial charge in [-0.25, -0.2) is 4.79 Å². The lowest BCUT2D eigenvalue weighted by Gasteiger charge is -2.46. The predicted octanol–water partition coefficient (Wildman–Crippen LogP) is 3.19. The number of likely N-dealkylation sites (tertiary alicyclic amines) is 1. The number of hydrogen-bond donors (Lipinski definition) is 0. The van der Waals surface area contributed by atoms with Gasteiger partial charge in [-0.15, -0.1) is 5.06 Å². The second-order valence-corrected chi connectivity index (χ2v) is 8.25. The summed E-state index contributed by atoms with van der Waals surface area (Å²) in [5, 5.41) is 1.78. The van der Waals surface area contributed by atoms with Crippen LogP contribution in [0.4, 0.5) is 4.79 Å². The van der Waals surface area contributed by atoms with E-state index in [2.05, 4.69) is 4.90 Å². The van der Waals surface area contributed by atoms with Gasteiger partial charge in [0.2, 0.25) is 0 Å². The molecule has 0 bridgehead atoms. The highest BCUT2D eigenvalue weighted by Crippen LogP contribution is 2.43. The average molecular weight is 310 g/mol. The topological polar surface area (TPSA) is 42.0 Å². The fourth-order valence-corrected chi connectivity index (χ4v) is 3.73. The van der Waals surface area contributed by atoms with Crippen molar-refractivity contribution in [1.82, 2.24) is 9.96 Å². The second-order valence-electron chi connectivity index (χ2n) is 8.25. The third-order valence-electron chi connectivity index (χ3n) is 5.30. The van der Waals surface area contributed by atoms with Crippen molar-refractivity contribution in [1.29, 1.82) is 0 Å². The highest BCUT2D eigenvalue weighted by Gasteiger charge is 2.41. The molecule has 3 rings (SSSR count). The van der Waals surface area contributed by atoms with Crippen LogP contribution in [-0.4, -0.2) is 53.9 Å². The Balaban J connectivity index is 1.41. The van der Waals surface area contributed by atoms with Crippen molar-refractivity contribution < 1.29 is 14.4 Å². The summed E-state index contributed by atoms with van der Waals surface area (Å²) in [5.41, 5.74) is -0.0110. The first-order chi connectivity index (χ1) is 10.4.